The number of carbonyl (C=O) groups is 1. The number of carbonyl (C=O) groups excluding carboxylic acids is 1. The number of amides is 1. The van der Waals surface area contributed by atoms with Gasteiger partial charge < -0.3 is 10.1 Å². The minimum atomic E-state index is -4.90. The fraction of sp³-hybridized carbons (Fsp3) is 0.158. The van der Waals surface area contributed by atoms with Crippen LogP contribution in [0.1, 0.15) is 16.8 Å². The summed E-state index contributed by atoms with van der Waals surface area (Å²) in [5.41, 5.74) is -1.86. The Kier molecular flexibility index (Phi) is 6.16. The van der Waals surface area contributed by atoms with Gasteiger partial charge in [-0.25, -0.2) is 9.48 Å². The molecule has 0 bridgehead atoms. The van der Waals surface area contributed by atoms with Gasteiger partial charge in [0.25, 0.3) is 0 Å². The number of nitrogens with zero attached hydrogens (tertiary/aromatic N) is 2. The molecule has 12 heteroatoms. The molecule has 2 aromatic carbocycles. The quantitative estimate of drug-likeness (QED) is 0.494. The van der Waals surface area contributed by atoms with Gasteiger partial charge in [-0.3, -0.25) is 0 Å². The first-order chi connectivity index (χ1) is 14.4. The van der Waals surface area contributed by atoms with Crippen LogP contribution in [0.3, 0.4) is 0 Å². The normalized spacial score (nSPS) is 12.0. The number of nitrogens with one attached hydrogen (secondary N) is 1. The summed E-state index contributed by atoms with van der Waals surface area (Å²) in [7, 11) is 0. The minimum absolute atomic E-state index is 0.0386. The van der Waals surface area contributed by atoms with Crippen LogP contribution in [0.5, 0.6) is 5.75 Å². The number of halogens is 7. The van der Waals surface area contributed by atoms with Crippen molar-refractivity contribution in [3.8, 4) is 11.4 Å². The summed E-state index contributed by atoms with van der Waals surface area (Å²) in [5, 5.41) is 6.11. The first-order valence-electron chi connectivity index (χ1n) is 8.48. The number of aromatic nitrogens is 2. The maximum Gasteiger partial charge on any atom is 0.437 e. The second-order valence-electron chi connectivity index (χ2n) is 6.18. The number of hydrogen-bond acceptors (Lipinski definition) is 3. The Morgan fingerprint density at radius 1 is 0.968 bits per heavy atom. The molecule has 164 valence electrons. The van der Waals surface area contributed by atoms with Crippen LogP contribution < -0.4 is 10.1 Å². The van der Waals surface area contributed by atoms with E-state index in [-0.39, 0.29) is 17.8 Å². The van der Waals surface area contributed by atoms with Gasteiger partial charge in [-0.1, -0.05) is 23.7 Å². The van der Waals surface area contributed by atoms with Crippen LogP contribution >= 0.6 is 11.6 Å². The van der Waals surface area contributed by atoms with Crippen molar-refractivity contribution in [2.45, 2.75) is 18.9 Å². The van der Waals surface area contributed by atoms with Gasteiger partial charge in [0.2, 0.25) is 0 Å². The van der Waals surface area contributed by atoms with E-state index in [9.17, 15) is 31.1 Å². The van der Waals surface area contributed by atoms with E-state index < -0.39 is 35.5 Å². The fourth-order valence-electron chi connectivity index (χ4n) is 2.57. The van der Waals surface area contributed by atoms with E-state index in [0.29, 0.717) is 9.70 Å². The summed E-state index contributed by atoms with van der Waals surface area (Å²) in [4.78, 5) is 11.9. The Labute approximate surface area is 176 Å². The van der Waals surface area contributed by atoms with Crippen LogP contribution in [-0.4, -0.2) is 15.9 Å². The number of benzene rings is 2. The Balaban J connectivity index is 1.73. The van der Waals surface area contributed by atoms with Gasteiger partial charge in [0, 0.05) is 11.6 Å². The molecule has 0 spiro atoms. The van der Waals surface area contributed by atoms with E-state index in [2.05, 4.69) is 10.4 Å². The van der Waals surface area contributed by atoms with Crippen molar-refractivity contribution in [2.75, 3.05) is 0 Å². The predicted octanol–water partition coefficient (Wildman–Crippen LogP) is 5.85. The second kappa shape index (κ2) is 8.50. The van der Waals surface area contributed by atoms with Crippen molar-refractivity contribution in [1.29, 1.82) is 0 Å². The van der Waals surface area contributed by atoms with Crippen LogP contribution in [0.2, 0.25) is 5.02 Å². The van der Waals surface area contributed by atoms with E-state index in [1.807, 2.05) is 0 Å². The Morgan fingerprint density at radius 2 is 1.58 bits per heavy atom. The van der Waals surface area contributed by atoms with Gasteiger partial charge in [-0.05, 0) is 42.0 Å². The maximum atomic E-state index is 13.6. The van der Waals surface area contributed by atoms with Crippen LogP contribution in [0, 0.1) is 0 Å². The highest BCUT2D eigenvalue weighted by molar-refractivity contribution is 6.30. The van der Waals surface area contributed by atoms with E-state index >= 15 is 0 Å². The van der Waals surface area contributed by atoms with Crippen molar-refractivity contribution >= 4 is 17.7 Å². The number of ether oxygens (including phenoxy) is 1. The molecule has 1 N–H and O–H groups in total. The molecule has 0 saturated heterocycles. The van der Waals surface area contributed by atoms with E-state index in [1.54, 1.807) is 0 Å². The molecule has 1 aromatic heterocycles. The molecule has 0 atom stereocenters. The number of rotatable bonds is 4. The largest absolute Gasteiger partial charge is 0.437 e. The van der Waals surface area contributed by atoms with Crippen LogP contribution in [0.25, 0.3) is 5.69 Å². The molecule has 5 nitrogen and oxygen atoms in total. The Morgan fingerprint density at radius 3 is 2.13 bits per heavy atom. The number of hydrogen-bond donors (Lipinski definition) is 1. The molecular weight excluding hydrogens is 452 g/mol. The van der Waals surface area contributed by atoms with Gasteiger partial charge in [-0.15, -0.1) is 0 Å². The van der Waals surface area contributed by atoms with E-state index in [4.69, 9.17) is 16.3 Å². The standard InChI is InChI=1S/C19H12ClF6N3O2/c20-13-5-7-14(8-6-13)29-16(19(24,25)26)15(10-28-29)31-17(30)27-9-11-1-3-12(4-2-11)18(21,22)23/h1-8,10H,9H2,(H,27,30). The lowest BCUT2D eigenvalue weighted by Crippen LogP contribution is -2.27. The van der Waals surface area contributed by atoms with Gasteiger partial charge in [0.15, 0.2) is 11.4 Å². The lowest BCUT2D eigenvalue weighted by Gasteiger charge is -2.13. The topological polar surface area (TPSA) is 56.1 Å². The highest BCUT2D eigenvalue weighted by atomic mass is 35.5. The molecule has 1 amide bonds. The Hall–Kier alpha value is -3.21. The SMILES string of the molecule is O=C(NCc1ccc(C(F)(F)F)cc1)Oc1cnn(-c2ccc(Cl)cc2)c1C(F)(F)F. The maximum absolute atomic E-state index is 13.6. The molecular formula is C19H12ClF6N3O2. The summed E-state index contributed by atoms with van der Waals surface area (Å²) in [6.45, 7) is -0.260. The molecule has 0 fully saturated rings. The molecule has 3 aromatic rings. The summed E-state index contributed by atoms with van der Waals surface area (Å²) in [6.07, 6.45) is -9.92. The average Bonchev–Trinajstić information content (AvgIpc) is 3.10. The summed E-state index contributed by atoms with van der Waals surface area (Å²) in [6, 6.07) is 9.25. The van der Waals surface area contributed by atoms with Gasteiger partial charge in [-0.2, -0.15) is 31.4 Å². The summed E-state index contributed by atoms with van der Waals surface area (Å²) < 4.78 is 83.6. The predicted molar refractivity (Wildman–Crippen MR) is 97.9 cm³/mol. The molecule has 0 unspecified atom stereocenters. The lowest BCUT2D eigenvalue weighted by molar-refractivity contribution is -0.143. The van der Waals surface area contributed by atoms with Gasteiger partial charge in [0.05, 0.1) is 17.4 Å². The van der Waals surface area contributed by atoms with Crippen molar-refractivity contribution < 1.29 is 35.9 Å². The Bertz CT molecular complexity index is 1060. The third-order valence-electron chi connectivity index (χ3n) is 4.00. The van der Waals surface area contributed by atoms with Gasteiger partial charge in [0.1, 0.15) is 0 Å². The molecule has 0 aliphatic carbocycles. The zero-order chi connectivity index (χ0) is 22.8. The van der Waals surface area contributed by atoms with Crippen molar-refractivity contribution in [3.63, 3.8) is 0 Å². The first-order valence-corrected chi connectivity index (χ1v) is 8.86. The fourth-order valence-corrected chi connectivity index (χ4v) is 2.69. The van der Waals surface area contributed by atoms with E-state index in [0.717, 1.165) is 30.5 Å². The molecule has 0 radical (unpaired) electrons. The van der Waals surface area contributed by atoms with Crippen LogP contribution in [-0.2, 0) is 18.9 Å². The zero-order valence-corrected chi connectivity index (χ0v) is 16.0. The van der Waals surface area contributed by atoms with Crippen molar-refractivity contribution in [3.05, 3.63) is 76.6 Å². The van der Waals surface area contributed by atoms with E-state index in [1.165, 1.54) is 24.3 Å². The van der Waals surface area contributed by atoms with Crippen molar-refractivity contribution in [2.24, 2.45) is 0 Å². The highest BCUT2D eigenvalue weighted by Gasteiger charge is 2.40. The third kappa shape index (κ3) is 5.48. The smallest absolute Gasteiger partial charge is 0.406 e. The molecule has 0 aliphatic rings. The summed E-state index contributed by atoms with van der Waals surface area (Å²) >= 11 is 5.73. The van der Waals surface area contributed by atoms with Gasteiger partial charge >= 0.3 is 18.4 Å². The third-order valence-corrected chi connectivity index (χ3v) is 4.25. The minimum Gasteiger partial charge on any atom is -0.406 e. The molecule has 0 saturated carbocycles. The van der Waals surface area contributed by atoms with Crippen molar-refractivity contribution in [1.82, 2.24) is 15.1 Å². The molecule has 3 rings (SSSR count). The molecule has 0 aliphatic heterocycles. The monoisotopic (exact) mass is 463 g/mol. The zero-order valence-electron chi connectivity index (χ0n) is 15.3. The average molecular weight is 464 g/mol. The highest BCUT2D eigenvalue weighted by Crippen LogP contribution is 2.37. The first kappa shape index (κ1) is 22.5. The molecule has 1 heterocycles. The lowest BCUT2D eigenvalue weighted by atomic mass is 10.1. The molecule has 31 heavy (non-hydrogen) atoms. The van der Waals surface area contributed by atoms with Crippen LogP contribution in [0.4, 0.5) is 31.1 Å². The number of alkyl halides is 6. The second-order valence-corrected chi connectivity index (χ2v) is 6.62. The van der Waals surface area contributed by atoms with Crippen LogP contribution in [0.15, 0.2) is 54.7 Å². The summed E-state index contributed by atoms with van der Waals surface area (Å²) in [5.74, 6) is -0.840.